The van der Waals surface area contributed by atoms with Crippen LogP contribution in [0.5, 0.6) is 0 Å². The fourth-order valence-electron chi connectivity index (χ4n) is 3.36. The van der Waals surface area contributed by atoms with Crippen molar-refractivity contribution in [2.75, 3.05) is 0 Å². The Labute approximate surface area is 151 Å². The van der Waals surface area contributed by atoms with E-state index in [0.717, 1.165) is 35.5 Å². The molecular formula is C19H23N3O2S. The summed E-state index contributed by atoms with van der Waals surface area (Å²) in [6.45, 7) is 2.04. The molecule has 3 rings (SSSR count). The number of carbonyl (C=O) groups is 2. The van der Waals surface area contributed by atoms with E-state index >= 15 is 0 Å². The van der Waals surface area contributed by atoms with Crippen LogP contribution in [-0.4, -0.2) is 22.3 Å². The Balaban J connectivity index is 1.68. The monoisotopic (exact) mass is 357 g/mol. The second-order valence-electron chi connectivity index (χ2n) is 6.75. The van der Waals surface area contributed by atoms with Crippen LogP contribution in [0.25, 0.3) is 10.6 Å². The maximum Gasteiger partial charge on any atom is 0.243 e. The first-order valence-electron chi connectivity index (χ1n) is 8.61. The number of primary amides is 1. The molecule has 25 heavy (non-hydrogen) atoms. The first-order valence-corrected chi connectivity index (χ1v) is 9.49. The third-order valence-electron chi connectivity index (χ3n) is 4.72. The SMILES string of the molecule is Cc1cccc(-c2nc(CC(=O)NC3(C(N)=O)CCCCC3)cs2)c1. The smallest absolute Gasteiger partial charge is 0.243 e. The van der Waals surface area contributed by atoms with Gasteiger partial charge in [-0.05, 0) is 25.8 Å². The van der Waals surface area contributed by atoms with Crippen molar-refractivity contribution < 1.29 is 9.59 Å². The Morgan fingerprint density at radius 3 is 2.72 bits per heavy atom. The van der Waals surface area contributed by atoms with E-state index in [1.54, 1.807) is 0 Å². The molecule has 2 aromatic rings. The van der Waals surface area contributed by atoms with Crippen molar-refractivity contribution >= 4 is 23.2 Å². The third kappa shape index (κ3) is 4.07. The topological polar surface area (TPSA) is 85.1 Å². The van der Waals surface area contributed by atoms with Gasteiger partial charge in [0.2, 0.25) is 11.8 Å². The highest BCUT2D eigenvalue weighted by atomic mass is 32.1. The summed E-state index contributed by atoms with van der Waals surface area (Å²) in [6, 6.07) is 8.13. The number of nitrogens with zero attached hydrogens (tertiary/aromatic N) is 1. The van der Waals surface area contributed by atoms with Crippen LogP contribution < -0.4 is 11.1 Å². The number of nitrogens with one attached hydrogen (secondary N) is 1. The molecule has 1 aromatic carbocycles. The van der Waals surface area contributed by atoms with Gasteiger partial charge >= 0.3 is 0 Å². The summed E-state index contributed by atoms with van der Waals surface area (Å²) in [6.07, 6.45) is 4.32. The minimum atomic E-state index is -0.884. The number of aryl methyl sites for hydroxylation is 1. The summed E-state index contributed by atoms with van der Waals surface area (Å²) >= 11 is 1.52. The predicted octanol–water partition coefficient (Wildman–Crippen LogP) is 2.97. The van der Waals surface area contributed by atoms with Crippen molar-refractivity contribution in [1.29, 1.82) is 0 Å². The van der Waals surface area contributed by atoms with Crippen LogP contribution in [0.3, 0.4) is 0 Å². The van der Waals surface area contributed by atoms with E-state index in [9.17, 15) is 9.59 Å². The number of thiazole rings is 1. The van der Waals surface area contributed by atoms with Crippen LogP contribution in [0.1, 0.15) is 43.4 Å². The molecule has 0 spiro atoms. The number of amides is 2. The Morgan fingerprint density at radius 1 is 1.28 bits per heavy atom. The Morgan fingerprint density at radius 2 is 2.04 bits per heavy atom. The van der Waals surface area contributed by atoms with E-state index in [1.165, 1.54) is 16.9 Å². The molecule has 0 unspecified atom stereocenters. The molecule has 0 bridgehead atoms. The molecule has 1 heterocycles. The average Bonchev–Trinajstić information content (AvgIpc) is 3.04. The first kappa shape index (κ1) is 17.6. The van der Waals surface area contributed by atoms with Crippen molar-refractivity contribution in [3.8, 4) is 10.6 Å². The molecule has 0 aliphatic heterocycles. The maximum atomic E-state index is 12.4. The quantitative estimate of drug-likeness (QED) is 0.863. The van der Waals surface area contributed by atoms with Crippen LogP contribution in [0.4, 0.5) is 0 Å². The summed E-state index contributed by atoms with van der Waals surface area (Å²) in [4.78, 5) is 28.9. The molecule has 5 nitrogen and oxygen atoms in total. The third-order valence-corrected chi connectivity index (χ3v) is 5.66. The zero-order valence-electron chi connectivity index (χ0n) is 14.4. The summed E-state index contributed by atoms with van der Waals surface area (Å²) < 4.78 is 0. The van der Waals surface area contributed by atoms with Crippen molar-refractivity contribution in [3.63, 3.8) is 0 Å². The minimum Gasteiger partial charge on any atom is -0.368 e. The van der Waals surface area contributed by atoms with Gasteiger partial charge in [0.1, 0.15) is 10.5 Å². The highest BCUT2D eigenvalue weighted by Crippen LogP contribution is 2.28. The molecule has 2 amide bonds. The molecule has 6 heteroatoms. The minimum absolute atomic E-state index is 0.164. The molecule has 0 atom stereocenters. The first-order chi connectivity index (χ1) is 12.0. The van der Waals surface area contributed by atoms with Gasteiger partial charge in [0.25, 0.3) is 0 Å². The Hall–Kier alpha value is -2.21. The lowest BCUT2D eigenvalue weighted by molar-refractivity contribution is -0.132. The zero-order valence-corrected chi connectivity index (χ0v) is 15.2. The fraction of sp³-hybridized carbons (Fsp3) is 0.421. The van der Waals surface area contributed by atoms with E-state index < -0.39 is 11.4 Å². The number of benzene rings is 1. The standard InChI is InChI=1S/C19H23N3O2S/c1-13-6-5-7-14(10-13)17-21-15(12-25-17)11-16(23)22-19(18(20)24)8-3-2-4-9-19/h5-7,10,12H,2-4,8-9,11H2,1H3,(H2,20,24)(H,22,23). The molecule has 0 radical (unpaired) electrons. The molecular weight excluding hydrogens is 334 g/mol. The molecule has 1 aromatic heterocycles. The highest BCUT2D eigenvalue weighted by Gasteiger charge is 2.39. The van der Waals surface area contributed by atoms with Gasteiger partial charge in [0.05, 0.1) is 12.1 Å². The second-order valence-corrected chi connectivity index (χ2v) is 7.60. The highest BCUT2D eigenvalue weighted by molar-refractivity contribution is 7.13. The van der Waals surface area contributed by atoms with Crippen LogP contribution >= 0.6 is 11.3 Å². The van der Waals surface area contributed by atoms with E-state index in [4.69, 9.17) is 5.73 Å². The number of nitrogens with two attached hydrogens (primary N) is 1. The lowest BCUT2D eigenvalue weighted by Gasteiger charge is -2.35. The van der Waals surface area contributed by atoms with Gasteiger partial charge < -0.3 is 11.1 Å². The van der Waals surface area contributed by atoms with E-state index in [-0.39, 0.29) is 12.3 Å². The number of hydrogen-bond donors (Lipinski definition) is 2. The van der Waals surface area contributed by atoms with Gasteiger partial charge in [0.15, 0.2) is 0 Å². The average molecular weight is 357 g/mol. The van der Waals surface area contributed by atoms with Crippen LogP contribution in [0.2, 0.25) is 0 Å². The Bertz CT molecular complexity index is 778. The van der Waals surface area contributed by atoms with Gasteiger partial charge in [-0.2, -0.15) is 0 Å². The number of aromatic nitrogens is 1. The largest absolute Gasteiger partial charge is 0.368 e. The predicted molar refractivity (Wildman–Crippen MR) is 99.1 cm³/mol. The molecule has 1 fully saturated rings. The second kappa shape index (κ2) is 7.35. The van der Waals surface area contributed by atoms with Gasteiger partial charge in [-0.15, -0.1) is 11.3 Å². The summed E-state index contributed by atoms with van der Waals surface area (Å²) in [5.41, 5.74) is 7.63. The number of carbonyl (C=O) groups excluding carboxylic acids is 2. The summed E-state index contributed by atoms with van der Waals surface area (Å²) in [5, 5.41) is 5.68. The maximum absolute atomic E-state index is 12.4. The summed E-state index contributed by atoms with van der Waals surface area (Å²) in [5.74, 6) is -0.624. The van der Waals surface area contributed by atoms with Gasteiger partial charge in [-0.1, -0.05) is 43.0 Å². The molecule has 1 aliphatic rings. The van der Waals surface area contributed by atoms with Crippen LogP contribution in [-0.2, 0) is 16.0 Å². The van der Waals surface area contributed by atoms with Crippen LogP contribution in [0, 0.1) is 6.92 Å². The van der Waals surface area contributed by atoms with Crippen molar-refractivity contribution in [3.05, 3.63) is 40.9 Å². The van der Waals surface area contributed by atoms with Gasteiger partial charge in [-0.25, -0.2) is 4.98 Å². The van der Waals surface area contributed by atoms with E-state index in [0.29, 0.717) is 12.8 Å². The number of rotatable bonds is 5. The molecule has 1 saturated carbocycles. The van der Waals surface area contributed by atoms with Crippen LogP contribution in [0.15, 0.2) is 29.6 Å². The normalized spacial score (nSPS) is 16.4. The Kier molecular flexibility index (Phi) is 5.18. The zero-order chi connectivity index (χ0) is 17.9. The van der Waals surface area contributed by atoms with Gasteiger partial charge in [-0.3, -0.25) is 9.59 Å². The lowest BCUT2D eigenvalue weighted by atomic mass is 9.81. The van der Waals surface area contributed by atoms with Gasteiger partial charge in [0, 0.05) is 10.9 Å². The fourth-order valence-corrected chi connectivity index (χ4v) is 4.18. The number of hydrogen-bond acceptors (Lipinski definition) is 4. The lowest BCUT2D eigenvalue weighted by Crippen LogP contribution is -2.58. The molecule has 0 saturated heterocycles. The van der Waals surface area contributed by atoms with E-state index in [1.807, 2.05) is 30.5 Å². The molecule has 132 valence electrons. The molecule has 1 aliphatic carbocycles. The van der Waals surface area contributed by atoms with Crippen molar-refractivity contribution in [2.24, 2.45) is 5.73 Å². The van der Waals surface area contributed by atoms with Crippen molar-refractivity contribution in [1.82, 2.24) is 10.3 Å². The summed E-state index contributed by atoms with van der Waals surface area (Å²) in [7, 11) is 0. The van der Waals surface area contributed by atoms with Crippen molar-refractivity contribution in [2.45, 2.75) is 51.0 Å². The molecule has 3 N–H and O–H groups in total. The van der Waals surface area contributed by atoms with E-state index in [2.05, 4.69) is 16.4 Å².